The number of rotatable bonds is 3. The lowest BCUT2D eigenvalue weighted by molar-refractivity contribution is 0.189. The van der Waals surface area contributed by atoms with Crippen LogP contribution in [0.3, 0.4) is 0 Å². The maximum atomic E-state index is 9.43. The molecule has 0 unspecified atom stereocenters. The summed E-state index contributed by atoms with van der Waals surface area (Å²) in [7, 11) is 0. The molecule has 30 heavy (non-hydrogen) atoms. The molecule has 4 aromatic rings. The molecule has 0 saturated carbocycles. The molecule has 0 aliphatic carbocycles. The summed E-state index contributed by atoms with van der Waals surface area (Å²) in [5.41, 5.74) is 5.43. The first-order valence-electron chi connectivity index (χ1n) is 9.73. The van der Waals surface area contributed by atoms with Gasteiger partial charge in [-0.25, -0.2) is 9.97 Å². The second kappa shape index (κ2) is 6.80. The van der Waals surface area contributed by atoms with Crippen molar-refractivity contribution in [2.45, 2.75) is 32.1 Å². The van der Waals surface area contributed by atoms with Crippen LogP contribution in [0.15, 0.2) is 33.5 Å². The van der Waals surface area contributed by atoms with Crippen LogP contribution in [0.2, 0.25) is 5.02 Å². The molecule has 3 aromatic heterocycles. The minimum atomic E-state index is -0.282. The number of benzene rings is 1. The number of nitrogens with zero attached hydrogens (tertiary/aromatic N) is 3. The van der Waals surface area contributed by atoms with Crippen molar-refractivity contribution in [1.29, 1.82) is 0 Å². The number of hydrogen-bond donors (Lipinski definition) is 2. The van der Waals surface area contributed by atoms with Gasteiger partial charge in [0.2, 0.25) is 0 Å². The van der Waals surface area contributed by atoms with Crippen LogP contribution in [0.5, 0.6) is 5.75 Å². The van der Waals surface area contributed by atoms with E-state index >= 15 is 0 Å². The summed E-state index contributed by atoms with van der Waals surface area (Å²) in [4.78, 5) is 8.67. The Hall–Kier alpha value is -2.94. The zero-order valence-corrected chi connectivity index (χ0v) is 16.6. The topological polar surface area (TPSA) is 106 Å². The number of nitrogens with one attached hydrogen (secondary N) is 1. The zero-order valence-electron chi connectivity index (χ0n) is 15.8. The molecule has 2 aliphatic heterocycles. The van der Waals surface area contributed by atoms with Crippen LogP contribution >= 0.6 is 11.6 Å². The van der Waals surface area contributed by atoms with Crippen molar-refractivity contribution in [1.82, 2.24) is 20.4 Å². The Kier molecular flexibility index (Phi) is 4.05. The maximum absolute atomic E-state index is 9.43. The predicted octanol–water partition coefficient (Wildman–Crippen LogP) is 3.35. The summed E-state index contributed by atoms with van der Waals surface area (Å²) in [5.74, 6) is 1.87. The number of ether oxygens (including phenoxy) is 1. The molecular weight excluding hydrogens is 408 g/mol. The highest BCUT2D eigenvalue weighted by molar-refractivity contribution is 6.31. The second-order valence-corrected chi connectivity index (χ2v) is 7.89. The van der Waals surface area contributed by atoms with Gasteiger partial charge in [-0.05, 0) is 12.1 Å². The van der Waals surface area contributed by atoms with Crippen molar-refractivity contribution < 1.29 is 18.8 Å². The number of halogens is 1. The lowest BCUT2D eigenvalue weighted by atomic mass is 10.0. The molecule has 0 fully saturated rings. The SMILES string of the molecule is OCc1cc2ncnc(-c3cc(Cl)cc4c3O[C@@H](c3onc5c3CNCC5)C4)c2o1. The fraction of sp³-hybridized carbons (Fsp3) is 0.286. The third kappa shape index (κ3) is 2.72. The minimum absolute atomic E-state index is 0.216. The van der Waals surface area contributed by atoms with Gasteiger partial charge in [0, 0.05) is 53.7 Å². The highest BCUT2D eigenvalue weighted by atomic mass is 35.5. The first-order chi connectivity index (χ1) is 14.7. The molecule has 0 spiro atoms. The average molecular weight is 425 g/mol. The largest absolute Gasteiger partial charge is 0.481 e. The van der Waals surface area contributed by atoms with Crippen molar-refractivity contribution in [3.05, 3.63) is 57.9 Å². The van der Waals surface area contributed by atoms with E-state index < -0.39 is 0 Å². The zero-order chi connectivity index (χ0) is 20.2. The molecule has 9 heteroatoms. The molecule has 2 aliphatic rings. The summed E-state index contributed by atoms with van der Waals surface area (Å²) < 4.78 is 17.8. The summed E-state index contributed by atoms with van der Waals surface area (Å²) in [6.07, 6.45) is 2.65. The number of aliphatic hydroxyl groups is 1. The van der Waals surface area contributed by atoms with Gasteiger partial charge in [0.1, 0.15) is 35.7 Å². The Labute approximate surface area is 175 Å². The Morgan fingerprint density at radius 1 is 1.23 bits per heavy atom. The summed E-state index contributed by atoms with van der Waals surface area (Å²) in [6.45, 7) is 1.40. The Morgan fingerprint density at radius 2 is 2.17 bits per heavy atom. The Balaban J connectivity index is 1.45. The van der Waals surface area contributed by atoms with Crippen LogP contribution in [0.25, 0.3) is 22.4 Å². The van der Waals surface area contributed by atoms with E-state index in [2.05, 4.69) is 20.4 Å². The van der Waals surface area contributed by atoms with E-state index in [1.165, 1.54) is 6.33 Å². The van der Waals surface area contributed by atoms with Crippen molar-refractivity contribution >= 4 is 22.7 Å². The van der Waals surface area contributed by atoms with Gasteiger partial charge in [-0.3, -0.25) is 0 Å². The molecular formula is C21H17ClN4O4. The van der Waals surface area contributed by atoms with E-state index in [0.29, 0.717) is 39.7 Å². The van der Waals surface area contributed by atoms with Crippen LogP contribution in [-0.4, -0.2) is 26.8 Å². The van der Waals surface area contributed by atoms with Gasteiger partial charge in [-0.1, -0.05) is 16.8 Å². The number of hydrogen-bond acceptors (Lipinski definition) is 8. The number of fused-ring (bicyclic) bond motifs is 3. The van der Waals surface area contributed by atoms with Crippen LogP contribution in [0.1, 0.15) is 34.4 Å². The molecule has 0 saturated heterocycles. The maximum Gasteiger partial charge on any atom is 0.182 e. The van der Waals surface area contributed by atoms with Gasteiger partial charge in [0.15, 0.2) is 17.4 Å². The first-order valence-corrected chi connectivity index (χ1v) is 10.1. The molecule has 5 heterocycles. The fourth-order valence-electron chi connectivity index (χ4n) is 4.24. The van der Waals surface area contributed by atoms with Gasteiger partial charge >= 0.3 is 0 Å². The van der Waals surface area contributed by atoms with Crippen LogP contribution in [0.4, 0.5) is 0 Å². The van der Waals surface area contributed by atoms with Crippen molar-refractivity contribution in [2.24, 2.45) is 0 Å². The lowest BCUT2D eigenvalue weighted by Crippen LogP contribution is -2.24. The third-order valence-corrected chi connectivity index (χ3v) is 5.82. The lowest BCUT2D eigenvalue weighted by Gasteiger charge is -2.14. The highest BCUT2D eigenvalue weighted by Gasteiger charge is 2.34. The molecule has 1 atom stereocenters. The second-order valence-electron chi connectivity index (χ2n) is 7.46. The van der Waals surface area contributed by atoms with Crippen LogP contribution < -0.4 is 10.1 Å². The van der Waals surface area contributed by atoms with E-state index in [0.717, 1.165) is 47.7 Å². The van der Waals surface area contributed by atoms with E-state index in [4.69, 9.17) is 25.3 Å². The Morgan fingerprint density at radius 3 is 3.07 bits per heavy atom. The highest BCUT2D eigenvalue weighted by Crippen LogP contribution is 2.46. The standard InChI is InChI=1S/C21H17ClN4O4/c22-11-3-10-4-17(20-14-7-23-2-1-15(14)26-30-20)29-19(10)13(5-11)18-21-16(24-9-25-18)6-12(8-27)28-21/h3,5-6,9,17,23,27H,1-2,4,7-8H2/t17-/m1/s1. The third-order valence-electron chi connectivity index (χ3n) is 5.60. The van der Waals surface area contributed by atoms with E-state index in [1.54, 1.807) is 6.07 Å². The molecule has 0 radical (unpaired) electrons. The molecule has 2 N–H and O–H groups in total. The minimum Gasteiger partial charge on any atom is -0.481 e. The van der Waals surface area contributed by atoms with Crippen LogP contribution in [-0.2, 0) is 26.0 Å². The molecule has 0 bridgehead atoms. The molecule has 1 aromatic carbocycles. The van der Waals surface area contributed by atoms with Crippen molar-refractivity contribution in [2.75, 3.05) is 6.54 Å². The van der Waals surface area contributed by atoms with Gasteiger partial charge in [0.05, 0.1) is 5.69 Å². The van der Waals surface area contributed by atoms with E-state index in [9.17, 15) is 5.11 Å². The summed E-state index contributed by atoms with van der Waals surface area (Å²) in [5, 5.41) is 17.6. The number of aromatic nitrogens is 3. The first kappa shape index (κ1) is 17.9. The normalized spacial score (nSPS) is 17.7. The van der Waals surface area contributed by atoms with Gasteiger partial charge < -0.3 is 24.1 Å². The molecule has 152 valence electrons. The summed E-state index contributed by atoms with van der Waals surface area (Å²) in [6, 6.07) is 5.41. The molecule has 0 amide bonds. The van der Waals surface area contributed by atoms with Gasteiger partial charge in [-0.15, -0.1) is 0 Å². The average Bonchev–Trinajstić information content (AvgIpc) is 3.48. The number of furan rings is 1. The monoisotopic (exact) mass is 424 g/mol. The predicted molar refractivity (Wildman–Crippen MR) is 107 cm³/mol. The van der Waals surface area contributed by atoms with Crippen LogP contribution in [0, 0.1) is 0 Å². The van der Waals surface area contributed by atoms with Gasteiger partial charge in [0.25, 0.3) is 0 Å². The smallest absolute Gasteiger partial charge is 0.182 e. The van der Waals surface area contributed by atoms with Crippen molar-refractivity contribution in [3.63, 3.8) is 0 Å². The molecule has 6 rings (SSSR count). The summed E-state index contributed by atoms with van der Waals surface area (Å²) >= 11 is 6.43. The van der Waals surface area contributed by atoms with E-state index in [-0.39, 0.29) is 12.7 Å². The Bertz CT molecular complexity index is 1280. The quantitative estimate of drug-likeness (QED) is 0.515. The van der Waals surface area contributed by atoms with E-state index in [1.807, 2.05) is 12.1 Å². The van der Waals surface area contributed by atoms with Gasteiger partial charge in [-0.2, -0.15) is 0 Å². The molecule has 8 nitrogen and oxygen atoms in total. The fourth-order valence-corrected chi connectivity index (χ4v) is 4.48. The number of aliphatic hydroxyl groups excluding tert-OH is 1. The van der Waals surface area contributed by atoms with Crippen molar-refractivity contribution in [3.8, 4) is 17.0 Å².